The van der Waals surface area contributed by atoms with Gasteiger partial charge < -0.3 is 14.6 Å². The quantitative estimate of drug-likeness (QED) is 0.925. The molecular weight excluding hydrogens is 288 g/mol. The van der Waals surface area contributed by atoms with Gasteiger partial charge in [-0.15, -0.1) is 0 Å². The van der Waals surface area contributed by atoms with E-state index in [1.807, 2.05) is 11.0 Å². The number of amides is 1. The second-order valence-electron chi connectivity index (χ2n) is 6.70. The van der Waals surface area contributed by atoms with Gasteiger partial charge in [0, 0.05) is 35.2 Å². The number of morpholine rings is 1. The molecule has 23 heavy (non-hydrogen) atoms. The number of nitrogens with one attached hydrogen (secondary N) is 1. The van der Waals surface area contributed by atoms with Crippen molar-refractivity contribution in [1.82, 2.24) is 9.88 Å². The van der Waals surface area contributed by atoms with Crippen molar-refractivity contribution in [2.75, 3.05) is 19.7 Å². The number of hydrogen-bond donors (Lipinski definition) is 1. The Bertz CT molecular complexity index is 734. The maximum Gasteiger partial charge on any atom is 0.254 e. The first kappa shape index (κ1) is 14.8. The predicted molar refractivity (Wildman–Crippen MR) is 90.9 cm³/mol. The van der Waals surface area contributed by atoms with Gasteiger partial charge in [-0.25, -0.2) is 0 Å². The van der Waals surface area contributed by atoms with Gasteiger partial charge in [0.25, 0.3) is 5.91 Å². The lowest BCUT2D eigenvalue weighted by molar-refractivity contribution is -0.0226. The highest BCUT2D eigenvalue weighted by Crippen LogP contribution is 2.30. The lowest BCUT2D eigenvalue weighted by Crippen LogP contribution is -2.45. The molecule has 1 aliphatic heterocycles. The standard InChI is InChI=1S/C19H24N2O2/c1-2-14-12-21(9-10-23-14)19(22)13-7-8-18-16(11-13)15-5-3-4-6-17(15)20-18/h7-8,11,14,20H,2-6,9-10,12H2,1H3/t14-/m0/s1. The molecule has 1 aromatic heterocycles. The van der Waals surface area contributed by atoms with Crippen molar-refractivity contribution in [3.05, 3.63) is 35.0 Å². The SMILES string of the molecule is CC[C@H]1CN(C(=O)c2ccc3[nH]c4c(c3c2)CCCC4)CCO1. The first-order valence-corrected chi connectivity index (χ1v) is 8.80. The van der Waals surface area contributed by atoms with Crippen molar-refractivity contribution in [2.45, 2.75) is 45.1 Å². The van der Waals surface area contributed by atoms with Gasteiger partial charge in [0.05, 0.1) is 12.7 Å². The molecule has 4 nitrogen and oxygen atoms in total. The first-order chi connectivity index (χ1) is 11.3. The third-order valence-electron chi connectivity index (χ3n) is 5.23. The van der Waals surface area contributed by atoms with Crippen LogP contribution in [0.15, 0.2) is 18.2 Å². The van der Waals surface area contributed by atoms with Crippen molar-refractivity contribution in [2.24, 2.45) is 0 Å². The molecule has 4 rings (SSSR count). The zero-order valence-electron chi connectivity index (χ0n) is 13.7. The smallest absolute Gasteiger partial charge is 0.254 e. The fourth-order valence-electron chi connectivity index (χ4n) is 3.87. The van der Waals surface area contributed by atoms with E-state index >= 15 is 0 Å². The van der Waals surface area contributed by atoms with Gasteiger partial charge in [-0.3, -0.25) is 4.79 Å². The molecule has 2 heterocycles. The summed E-state index contributed by atoms with van der Waals surface area (Å²) in [5.74, 6) is 0.138. The van der Waals surface area contributed by atoms with E-state index in [2.05, 4.69) is 24.0 Å². The number of fused-ring (bicyclic) bond motifs is 3. The van der Waals surface area contributed by atoms with Crippen molar-refractivity contribution < 1.29 is 9.53 Å². The molecule has 0 bridgehead atoms. The minimum atomic E-state index is 0.138. The Labute approximate surface area is 136 Å². The van der Waals surface area contributed by atoms with Gasteiger partial charge in [0.1, 0.15) is 0 Å². The van der Waals surface area contributed by atoms with Crippen LogP contribution in [0.3, 0.4) is 0 Å². The molecule has 1 amide bonds. The van der Waals surface area contributed by atoms with Gasteiger partial charge in [0.2, 0.25) is 0 Å². The fourth-order valence-corrected chi connectivity index (χ4v) is 3.87. The zero-order valence-corrected chi connectivity index (χ0v) is 13.7. The number of hydrogen-bond acceptors (Lipinski definition) is 2. The van der Waals surface area contributed by atoms with Crippen LogP contribution in [-0.2, 0) is 17.6 Å². The van der Waals surface area contributed by atoms with Crippen LogP contribution in [0, 0.1) is 0 Å². The number of ether oxygens (including phenoxy) is 1. The maximum absolute atomic E-state index is 12.9. The Kier molecular flexibility index (Phi) is 3.85. The lowest BCUT2D eigenvalue weighted by Gasteiger charge is -2.32. The van der Waals surface area contributed by atoms with Gasteiger partial charge in [-0.05, 0) is 55.9 Å². The van der Waals surface area contributed by atoms with E-state index in [0.29, 0.717) is 19.7 Å². The Morgan fingerprint density at radius 1 is 1.35 bits per heavy atom. The predicted octanol–water partition coefficient (Wildman–Crippen LogP) is 3.30. The number of H-pyrrole nitrogens is 1. The van der Waals surface area contributed by atoms with E-state index in [-0.39, 0.29) is 12.0 Å². The number of rotatable bonds is 2. The number of benzene rings is 1. The average molecular weight is 312 g/mol. The summed E-state index contributed by atoms with van der Waals surface area (Å²) in [6.07, 6.45) is 5.90. The van der Waals surface area contributed by atoms with Crippen molar-refractivity contribution in [3.8, 4) is 0 Å². The second kappa shape index (κ2) is 6.00. The molecule has 1 N–H and O–H groups in total. The number of aromatic amines is 1. The van der Waals surface area contributed by atoms with Crippen LogP contribution in [-0.4, -0.2) is 41.6 Å². The van der Waals surface area contributed by atoms with Crippen LogP contribution in [0.4, 0.5) is 0 Å². The third kappa shape index (κ3) is 2.65. The van der Waals surface area contributed by atoms with E-state index in [9.17, 15) is 4.79 Å². The molecule has 1 aromatic carbocycles. The molecule has 1 fully saturated rings. The summed E-state index contributed by atoms with van der Waals surface area (Å²) in [5.41, 5.74) is 4.77. The number of aromatic nitrogens is 1. The summed E-state index contributed by atoms with van der Waals surface area (Å²) in [4.78, 5) is 18.3. The monoisotopic (exact) mass is 312 g/mol. The number of nitrogens with zero attached hydrogens (tertiary/aromatic N) is 1. The third-order valence-corrected chi connectivity index (χ3v) is 5.23. The Morgan fingerprint density at radius 2 is 2.22 bits per heavy atom. The van der Waals surface area contributed by atoms with E-state index in [4.69, 9.17) is 4.74 Å². The number of carbonyl (C=O) groups is 1. The van der Waals surface area contributed by atoms with Gasteiger partial charge in [-0.2, -0.15) is 0 Å². The minimum absolute atomic E-state index is 0.138. The van der Waals surface area contributed by atoms with E-state index in [0.717, 1.165) is 24.8 Å². The van der Waals surface area contributed by atoms with Gasteiger partial charge in [-0.1, -0.05) is 6.92 Å². The highest BCUT2D eigenvalue weighted by molar-refractivity contribution is 5.99. The lowest BCUT2D eigenvalue weighted by atomic mass is 9.95. The van der Waals surface area contributed by atoms with Crippen LogP contribution in [0.1, 0.15) is 47.8 Å². The normalized spacial score (nSPS) is 21.4. The van der Waals surface area contributed by atoms with E-state index in [1.54, 1.807) is 0 Å². The summed E-state index contributed by atoms with van der Waals surface area (Å²) in [6.45, 7) is 4.15. The number of aryl methyl sites for hydroxylation is 2. The Morgan fingerprint density at radius 3 is 3.09 bits per heavy atom. The maximum atomic E-state index is 12.9. The topological polar surface area (TPSA) is 45.3 Å². The van der Waals surface area contributed by atoms with Crippen LogP contribution >= 0.6 is 0 Å². The van der Waals surface area contributed by atoms with Crippen LogP contribution < -0.4 is 0 Å². The van der Waals surface area contributed by atoms with Crippen LogP contribution in [0.25, 0.3) is 10.9 Å². The minimum Gasteiger partial charge on any atom is -0.375 e. The molecule has 122 valence electrons. The molecular formula is C19H24N2O2. The molecule has 4 heteroatoms. The summed E-state index contributed by atoms with van der Waals surface area (Å²) >= 11 is 0. The molecule has 1 aliphatic carbocycles. The second-order valence-corrected chi connectivity index (χ2v) is 6.70. The van der Waals surface area contributed by atoms with E-state index in [1.165, 1.54) is 35.0 Å². The van der Waals surface area contributed by atoms with E-state index < -0.39 is 0 Å². The summed E-state index contributed by atoms with van der Waals surface area (Å²) < 4.78 is 5.68. The number of carbonyl (C=O) groups excluding carboxylic acids is 1. The first-order valence-electron chi connectivity index (χ1n) is 8.80. The van der Waals surface area contributed by atoms with Crippen molar-refractivity contribution >= 4 is 16.8 Å². The highest BCUT2D eigenvalue weighted by atomic mass is 16.5. The summed E-state index contributed by atoms with van der Waals surface area (Å²) in [7, 11) is 0. The van der Waals surface area contributed by atoms with Crippen molar-refractivity contribution in [3.63, 3.8) is 0 Å². The molecule has 2 aliphatic rings. The summed E-state index contributed by atoms with van der Waals surface area (Å²) in [5, 5.41) is 1.24. The molecule has 1 atom stereocenters. The van der Waals surface area contributed by atoms with Gasteiger partial charge in [0.15, 0.2) is 0 Å². The molecule has 1 saturated heterocycles. The Balaban J connectivity index is 1.64. The Hall–Kier alpha value is -1.81. The fraction of sp³-hybridized carbons (Fsp3) is 0.526. The molecule has 2 aromatic rings. The average Bonchev–Trinajstić information content (AvgIpc) is 2.99. The van der Waals surface area contributed by atoms with Gasteiger partial charge >= 0.3 is 0 Å². The van der Waals surface area contributed by atoms with Crippen LogP contribution in [0.5, 0.6) is 0 Å². The molecule has 0 radical (unpaired) electrons. The highest BCUT2D eigenvalue weighted by Gasteiger charge is 2.25. The molecule has 0 spiro atoms. The summed E-state index contributed by atoms with van der Waals surface area (Å²) in [6, 6.07) is 6.12. The molecule has 0 unspecified atom stereocenters. The van der Waals surface area contributed by atoms with Crippen LogP contribution in [0.2, 0.25) is 0 Å². The molecule has 0 saturated carbocycles. The zero-order chi connectivity index (χ0) is 15.8. The van der Waals surface area contributed by atoms with Crippen molar-refractivity contribution in [1.29, 1.82) is 0 Å². The largest absolute Gasteiger partial charge is 0.375 e.